The predicted octanol–water partition coefficient (Wildman–Crippen LogP) is 3.10. The van der Waals surface area contributed by atoms with Crippen molar-refractivity contribution in [2.24, 2.45) is 0 Å². The summed E-state index contributed by atoms with van der Waals surface area (Å²) in [5, 5.41) is 0.880. The number of hydrogen-bond donors (Lipinski definition) is 1. The van der Waals surface area contributed by atoms with Gasteiger partial charge in [0.15, 0.2) is 4.32 Å². The molecule has 6 nitrogen and oxygen atoms in total. The smallest absolute Gasteiger partial charge is 0.281 e. The summed E-state index contributed by atoms with van der Waals surface area (Å²) in [5.74, 6) is 0.182. The number of carbonyl (C=O) groups excluding carboxylic acids is 1. The third-order valence-corrected chi connectivity index (χ3v) is 6.37. The van der Waals surface area contributed by atoms with Crippen LogP contribution in [-0.2, 0) is 14.8 Å². The van der Waals surface area contributed by atoms with Gasteiger partial charge in [0, 0.05) is 0 Å². The van der Waals surface area contributed by atoms with Crippen LogP contribution < -0.4 is 9.57 Å². The highest BCUT2D eigenvalue weighted by Gasteiger charge is 2.35. The van der Waals surface area contributed by atoms with Crippen LogP contribution in [-0.4, -0.2) is 30.8 Å². The maximum absolute atomic E-state index is 12.6. The molecule has 0 aliphatic carbocycles. The zero-order chi connectivity index (χ0) is 19.6. The maximum atomic E-state index is 12.6. The van der Waals surface area contributed by atoms with Gasteiger partial charge < -0.3 is 4.74 Å². The van der Waals surface area contributed by atoms with Gasteiger partial charge in [-0.25, -0.2) is 13.4 Å². The second-order valence-electron chi connectivity index (χ2n) is 5.70. The summed E-state index contributed by atoms with van der Waals surface area (Å²) >= 11 is 6.21. The number of benzene rings is 2. The number of ether oxygens (including phenoxy) is 1. The van der Waals surface area contributed by atoms with Crippen molar-refractivity contribution in [2.75, 3.05) is 7.11 Å². The predicted molar refractivity (Wildman–Crippen MR) is 110 cm³/mol. The number of methoxy groups -OCH3 is 1. The molecule has 1 amide bonds. The summed E-state index contributed by atoms with van der Waals surface area (Å²) in [5.41, 5.74) is 1.71. The van der Waals surface area contributed by atoms with E-state index in [1.54, 1.807) is 49.6 Å². The monoisotopic (exact) mass is 420 g/mol. The molecule has 0 radical (unpaired) electrons. The lowest BCUT2D eigenvalue weighted by atomic mass is 10.2. The third kappa shape index (κ3) is 4.38. The Morgan fingerprint density at radius 3 is 2.33 bits per heavy atom. The lowest BCUT2D eigenvalue weighted by Crippen LogP contribution is -2.44. The highest BCUT2D eigenvalue weighted by Crippen LogP contribution is 2.32. The van der Waals surface area contributed by atoms with Crippen molar-refractivity contribution in [2.45, 2.75) is 11.8 Å². The second kappa shape index (κ2) is 7.81. The van der Waals surface area contributed by atoms with E-state index in [1.807, 2.05) is 6.92 Å². The van der Waals surface area contributed by atoms with E-state index < -0.39 is 15.9 Å². The fourth-order valence-corrected chi connectivity index (χ4v) is 4.60. The molecule has 1 heterocycles. The maximum Gasteiger partial charge on any atom is 0.281 e. The summed E-state index contributed by atoms with van der Waals surface area (Å²) in [4.78, 5) is 15.2. The van der Waals surface area contributed by atoms with Crippen molar-refractivity contribution in [3.8, 4) is 5.75 Å². The van der Waals surface area contributed by atoms with E-state index in [4.69, 9.17) is 17.0 Å². The van der Waals surface area contributed by atoms with Gasteiger partial charge in [-0.15, -0.1) is 4.83 Å². The van der Waals surface area contributed by atoms with Crippen molar-refractivity contribution in [3.05, 3.63) is 64.6 Å². The van der Waals surface area contributed by atoms with Gasteiger partial charge in [-0.2, -0.15) is 0 Å². The number of carbonyl (C=O) groups is 1. The van der Waals surface area contributed by atoms with E-state index in [1.165, 1.54) is 12.1 Å². The fourth-order valence-electron chi connectivity index (χ4n) is 2.29. The molecule has 0 aromatic heterocycles. The topological polar surface area (TPSA) is 75.7 Å². The molecule has 0 bridgehead atoms. The van der Waals surface area contributed by atoms with E-state index in [0.29, 0.717) is 10.7 Å². The first-order valence-corrected chi connectivity index (χ1v) is 10.5. The highest BCUT2D eigenvalue weighted by atomic mass is 32.2. The van der Waals surface area contributed by atoms with Gasteiger partial charge in [0.25, 0.3) is 15.9 Å². The average Bonchev–Trinajstić information content (AvgIpc) is 2.90. The molecule has 27 heavy (non-hydrogen) atoms. The zero-order valence-corrected chi connectivity index (χ0v) is 17.0. The number of rotatable bonds is 5. The molecule has 2 aromatic rings. The van der Waals surface area contributed by atoms with Gasteiger partial charge in [-0.1, -0.05) is 53.8 Å². The molecule has 0 saturated carbocycles. The first-order chi connectivity index (χ1) is 12.8. The molecule has 1 aliphatic heterocycles. The number of sulfonamides is 1. The lowest BCUT2D eigenvalue weighted by molar-refractivity contribution is -0.123. The number of nitrogens with zero attached hydrogens (tertiary/aromatic N) is 1. The van der Waals surface area contributed by atoms with Crippen molar-refractivity contribution in [1.29, 1.82) is 0 Å². The number of thioether (sulfide) groups is 1. The second-order valence-corrected chi connectivity index (χ2v) is 9.03. The summed E-state index contributed by atoms with van der Waals surface area (Å²) in [6.07, 6.45) is 1.65. The van der Waals surface area contributed by atoms with E-state index in [9.17, 15) is 13.2 Å². The van der Waals surface area contributed by atoms with E-state index in [2.05, 4.69) is 4.83 Å². The van der Waals surface area contributed by atoms with Crippen LogP contribution in [0.3, 0.4) is 0 Å². The molecule has 140 valence electrons. The van der Waals surface area contributed by atoms with Gasteiger partial charge in [-0.05, 0) is 42.8 Å². The van der Waals surface area contributed by atoms with Crippen LogP contribution >= 0.6 is 24.0 Å². The molecular formula is C18H16N2O4S3. The minimum Gasteiger partial charge on any atom is -0.497 e. The van der Waals surface area contributed by atoms with E-state index in [-0.39, 0.29) is 9.22 Å². The Labute approximate surface area is 167 Å². The molecule has 3 rings (SSSR count). The molecule has 0 spiro atoms. The molecular weight excluding hydrogens is 404 g/mol. The van der Waals surface area contributed by atoms with Crippen molar-refractivity contribution in [3.63, 3.8) is 0 Å². The Morgan fingerprint density at radius 1 is 1.11 bits per heavy atom. The number of amides is 1. The Bertz CT molecular complexity index is 1010. The zero-order valence-electron chi connectivity index (χ0n) is 14.5. The van der Waals surface area contributed by atoms with Crippen LogP contribution in [0.5, 0.6) is 5.75 Å². The Balaban J connectivity index is 1.81. The summed E-state index contributed by atoms with van der Waals surface area (Å²) in [6, 6.07) is 13.4. The van der Waals surface area contributed by atoms with Gasteiger partial charge >= 0.3 is 0 Å². The highest BCUT2D eigenvalue weighted by molar-refractivity contribution is 8.26. The Morgan fingerprint density at radius 2 is 1.74 bits per heavy atom. The quantitative estimate of drug-likeness (QED) is 0.592. The minimum atomic E-state index is -3.92. The molecule has 1 aliphatic rings. The van der Waals surface area contributed by atoms with Crippen LogP contribution in [0.4, 0.5) is 0 Å². The van der Waals surface area contributed by atoms with Crippen molar-refractivity contribution < 1.29 is 17.9 Å². The molecule has 2 aromatic carbocycles. The van der Waals surface area contributed by atoms with Crippen LogP contribution in [0.25, 0.3) is 6.08 Å². The van der Waals surface area contributed by atoms with E-state index in [0.717, 1.165) is 27.9 Å². The summed E-state index contributed by atoms with van der Waals surface area (Å²) < 4.78 is 30.3. The Kier molecular flexibility index (Phi) is 5.66. The van der Waals surface area contributed by atoms with E-state index >= 15 is 0 Å². The number of aryl methyl sites for hydroxylation is 1. The fraction of sp³-hybridized carbons (Fsp3) is 0.111. The molecule has 9 heteroatoms. The third-order valence-electron chi connectivity index (χ3n) is 3.75. The Hall–Kier alpha value is -2.20. The van der Waals surface area contributed by atoms with Crippen LogP contribution in [0.1, 0.15) is 11.1 Å². The first kappa shape index (κ1) is 19.6. The average molecular weight is 421 g/mol. The minimum absolute atomic E-state index is 0.0567. The number of thiocarbonyl (C=S) groups is 1. The molecule has 0 atom stereocenters. The van der Waals surface area contributed by atoms with Crippen LogP contribution in [0, 0.1) is 6.92 Å². The molecule has 1 saturated heterocycles. The van der Waals surface area contributed by atoms with Crippen molar-refractivity contribution >= 4 is 50.3 Å². The van der Waals surface area contributed by atoms with Gasteiger partial charge in [0.2, 0.25) is 0 Å². The largest absolute Gasteiger partial charge is 0.497 e. The number of hydrogen-bond acceptors (Lipinski definition) is 6. The molecule has 0 unspecified atom stereocenters. The van der Waals surface area contributed by atoms with Crippen molar-refractivity contribution in [1.82, 2.24) is 9.84 Å². The normalized spacial score (nSPS) is 16.2. The SMILES string of the molecule is COc1ccc(C=C2SC(=S)N(NS(=O)(=O)c3ccc(C)cc3)C2=O)cc1. The van der Waals surface area contributed by atoms with Crippen LogP contribution in [0.2, 0.25) is 0 Å². The first-order valence-electron chi connectivity index (χ1n) is 7.81. The lowest BCUT2D eigenvalue weighted by Gasteiger charge is -2.16. The summed E-state index contributed by atoms with van der Waals surface area (Å²) in [6.45, 7) is 1.86. The number of nitrogens with one attached hydrogen (secondary N) is 1. The van der Waals surface area contributed by atoms with Gasteiger partial charge in [-0.3, -0.25) is 4.79 Å². The molecule has 1 N–H and O–H groups in total. The molecule has 1 fully saturated rings. The summed E-state index contributed by atoms with van der Waals surface area (Å²) in [7, 11) is -2.35. The van der Waals surface area contributed by atoms with Gasteiger partial charge in [0.05, 0.1) is 16.9 Å². The number of hydrazine groups is 1. The van der Waals surface area contributed by atoms with Crippen LogP contribution in [0.15, 0.2) is 58.3 Å². The van der Waals surface area contributed by atoms with Gasteiger partial charge in [0.1, 0.15) is 5.75 Å². The standard InChI is InChI=1S/C18H16N2O4S3/c1-12-3-9-15(10-4-12)27(22,23)19-20-17(21)16(26-18(20)25)11-13-5-7-14(24-2)8-6-13/h3-11,19H,1-2H3.